The summed E-state index contributed by atoms with van der Waals surface area (Å²) in [6.07, 6.45) is 1.38. The van der Waals surface area contributed by atoms with Crippen molar-refractivity contribution in [3.8, 4) is 11.3 Å². The minimum atomic E-state index is -3.72. The molecular formula is C17H18ClN5O3S. The predicted octanol–water partition coefficient (Wildman–Crippen LogP) is 2.01. The molecule has 1 aromatic carbocycles. The van der Waals surface area contributed by atoms with Crippen LogP contribution in [-0.2, 0) is 10.0 Å². The third kappa shape index (κ3) is 3.06. The number of aliphatic hydroxyl groups is 1. The summed E-state index contributed by atoms with van der Waals surface area (Å²) in [4.78, 5) is 4.56. The number of nitrogens with one attached hydrogen (secondary N) is 1. The molecule has 1 aliphatic rings. The Hall–Kier alpha value is -2.20. The first-order valence-electron chi connectivity index (χ1n) is 8.45. The van der Waals surface area contributed by atoms with Gasteiger partial charge in [0, 0.05) is 18.2 Å². The average Bonchev–Trinajstić information content (AvgIpc) is 3.28. The zero-order valence-electron chi connectivity index (χ0n) is 14.3. The molecule has 3 heterocycles. The predicted molar refractivity (Wildman–Crippen MR) is 103 cm³/mol. The second kappa shape index (κ2) is 6.75. The summed E-state index contributed by atoms with van der Waals surface area (Å²) in [5.74, 6) is 0.284. The van der Waals surface area contributed by atoms with E-state index in [1.54, 1.807) is 18.2 Å². The van der Waals surface area contributed by atoms with Gasteiger partial charge < -0.3 is 10.8 Å². The molecule has 0 saturated carbocycles. The Kier molecular flexibility index (Phi) is 4.55. The number of nitrogen functional groups attached to an aromatic ring is 1. The molecule has 0 spiro atoms. The number of hydrogen-bond acceptors (Lipinski definition) is 6. The number of nitrogens with two attached hydrogens (primary N) is 1. The van der Waals surface area contributed by atoms with E-state index in [0.29, 0.717) is 35.3 Å². The van der Waals surface area contributed by atoms with Gasteiger partial charge in [0.05, 0.1) is 27.7 Å². The quantitative estimate of drug-likeness (QED) is 0.607. The third-order valence-corrected chi connectivity index (χ3v) is 7.05. The van der Waals surface area contributed by atoms with Crippen LogP contribution in [0.1, 0.15) is 12.8 Å². The number of nitrogens with zero attached hydrogens (tertiary/aromatic N) is 3. The fourth-order valence-electron chi connectivity index (χ4n) is 3.38. The highest BCUT2D eigenvalue weighted by molar-refractivity contribution is 7.89. The lowest BCUT2D eigenvalue weighted by Gasteiger charge is -2.22. The van der Waals surface area contributed by atoms with Crippen molar-refractivity contribution in [2.24, 2.45) is 0 Å². The minimum Gasteiger partial charge on any atom is -0.395 e. The van der Waals surface area contributed by atoms with Gasteiger partial charge >= 0.3 is 0 Å². The van der Waals surface area contributed by atoms with Crippen LogP contribution in [0.3, 0.4) is 0 Å². The van der Waals surface area contributed by atoms with Gasteiger partial charge in [-0.05, 0) is 43.2 Å². The molecule has 4 rings (SSSR count). The summed E-state index contributed by atoms with van der Waals surface area (Å²) in [6.45, 7) is 0.200. The van der Waals surface area contributed by atoms with E-state index in [1.165, 1.54) is 16.4 Å². The number of halogens is 1. The highest BCUT2D eigenvalue weighted by atomic mass is 35.5. The number of hydrogen-bond donors (Lipinski definition) is 3. The van der Waals surface area contributed by atoms with E-state index in [0.717, 1.165) is 6.42 Å². The second-order valence-corrected chi connectivity index (χ2v) is 8.74. The van der Waals surface area contributed by atoms with E-state index in [2.05, 4.69) is 15.2 Å². The van der Waals surface area contributed by atoms with Crippen molar-refractivity contribution in [1.29, 1.82) is 0 Å². The molecule has 1 fully saturated rings. The number of aromatic nitrogens is 3. The first-order valence-corrected chi connectivity index (χ1v) is 10.3. The fraction of sp³-hybridized carbons (Fsp3) is 0.294. The van der Waals surface area contributed by atoms with Crippen LogP contribution in [-0.4, -0.2) is 52.2 Å². The fourth-order valence-corrected chi connectivity index (χ4v) is 5.43. The zero-order valence-corrected chi connectivity index (χ0v) is 15.8. The van der Waals surface area contributed by atoms with Gasteiger partial charge in [-0.3, -0.25) is 5.10 Å². The SMILES string of the molecule is Nc1n[nH]c2ccc(-c3ccc(S(=O)(=O)N4CCC[C@H]4CO)cc3Cl)nc12. The Balaban J connectivity index is 1.72. The monoisotopic (exact) mass is 407 g/mol. The lowest BCUT2D eigenvalue weighted by atomic mass is 10.1. The molecular weight excluding hydrogens is 390 g/mol. The van der Waals surface area contributed by atoms with E-state index >= 15 is 0 Å². The third-order valence-electron chi connectivity index (χ3n) is 4.79. The van der Waals surface area contributed by atoms with Gasteiger partial charge in [0.2, 0.25) is 10.0 Å². The Morgan fingerprint density at radius 1 is 1.33 bits per heavy atom. The molecule has 8 nitrogen and oxygen atoms in total. The van der Waals surface area contributed by atoms with Crippen LogP contribution in [0.4, 0.5) is 5.82 Å². The van der Waals surface area contributed by atoms with E-state index in [1.807, 2.05) is 0 Å². The maximum atomic E-state index is 12.9. The molecule has 1 atom stereocenters. The summed E-state index contributed by atoms with van der Waals surface area (Å²) in [5.41, 5.74) is 8.19. The Morgan fingerprint density at radius 3 is 2.89 bits per heavy atom. The molecule has 1 aliphatic heterocycles. The van der Waals surface area contributed by atoms with Crippen LogP contribution in [0.25, 0.3) is 22.3 Å². The highest BCUT2D eigenvalue weighted by Crippen LogP contribution is 2.33. The van der Waals surface area contributed by atoms with Crippen LogP contribution in [0.2, 0.25) is 5.02 Å². The molecule has 0 unspecified atom stereocenters. The standard InChI is InChI=1S/C17H18ClN5O3S/c18-13-8-11(27(25,26)23-7-1-2-10(23)9-24)3-4-12(13)14-5-6-15-16(20-14)17(19)22-21-15/h3-6,8,10,24H,1-2,7,9H2,(H3,19,21,22)/t10-/m0/s1. The molecule has 0 amide bonds. The van der Waals surface area contributed by atoms with Crippen molar-refractivity contribution in [2.75, 3.05) is 18.9 Å². The van der Waals surface area contributed by atoms with E-state index in [9.17, 15) is 13.5 Å². The molecule has 3 aromatic rings. The van der Waals surface area contributed by atoms with E-state index in [-0.39, 0.29) is 28.4 Å². The molecule has 27 heavy (non-hydrogen) atoms. The maximum Gasteiger partial charge on any atom is 0.243 e. The summed E-state index contributed by atoms with van der Waals surface area (Å²) in [5, 5.41) is 16.4. The number of rotatable bonds is 4. The van der Waals surface area contributed by atoms with Crippen LogP contribution in [0, 0.1) is 0 Å². The summed E-state index contributed by atoms with van der Waals surface area (Å²) < 4.78 is 27.1. The molecule has 4 N–H and O–H groups in total. The van der Waals surface area contributed by atoms with Crippen molar-refractivity contribution in [3.05, 3.63) is 35.4 Å². The van der Waals surface area contributed by atoms with Gasteiger partial charge in [0.25, 0.3) is 0 Å². The highest BCUT2D eigenvalue weighted by Gasteiger charge is 2.35. The van der Waals surface area contributed by atoms with Gasteiger partial charge in [-0.2, -0.15) is 9.40 Å². The average molecular weight is 408 g/mol. The summed E-state index contributed by atoms with van der Waals surface area (Å²) >= 11 is 6.38. The van der Waals surface area contributed by atoms with Gasteiger partial charge in [-0.1, -0.05) is 11.6 Å². The number of fused-ring (bicyclic) bond motifs is 1. The number of sulfonamides is 1. The number of anilines is 1. The van der Waals surface area contributed by atoms with Gasteiger partial charge in [0.1, 0.15) is 5.52 Å². The molecule has 0 bridgehead atoms. The molecule has 0 radical (unpaired) electrons. The second-order valence-electron chi connectivity index (χ2n) is 6.44. The van der Waals surface area contributed by atoms with Gasteiger partial charge in [0.15, 0.2) is 5.82 Å². The van der Waals surface area contributed by atoms with Crippen molar-refractivity contribution in [2.45, 2.75) is 23.8 Å². The number of benzene rings is 1. The lowest BCUT2D eigenvalue weighted by Crippen LogP contribution is -2.37. The van der Waals surface area contributed by atoms with Crippen LogP contribution < -0.4 is 5.73 Å². The number of H-pyrrole nitrogens is 1. The largest absolute Gasteiger partial charge is 0.395 e. The lowest BCUT2D eigenvalue weighted by molar-refractivity contribution is 0.213. The molecule has 142 valence electrons. The Bertz CT molecular complexity index is 1110. The van der Waals surface area contributed by atoms with E-state index < -0.39 is 10.0 Å². The van der Waals surface area contributed by atoms with Crippen molar-refractivity contribution >= 4 is 38.5 Å². The number of pyridine rings is 1. The first kappa shape index (κ1) is 18.2. The van der Waals surface area contributed by atoms with Crippen LogP contribution in [0.15, 0.2) is 35.2 Å². The summed E-state index contributed by atoms with van der Waals surface area (Å²) in [6, 6.07) is 7.72. The smallest absolute Gasteiger partial charge is 0.243 e. The molecule has 0 aliphatic carbocycles. The Labute approximate surface area is 161 Å². The van der Waals surface area contributed by atoms with E-state index in [4.69, 9.17) is 17.3 Å². The normalized spacial score (nSPS) is 18.4. The van der Waals surface area contributed by atoms with Crippen molar-refractivity contribution in [1.82, 2.24) is 19.5 Å². The summed E-state index contributed by atoms with van der Waals surface area (Å²) in [7, 11) is -3.72. The van der Waals surface area contributed by atoms with Gasteiger partial charge in [-0.25, -0.2) is 13.4 Å². The van der Waals surface area contributed by atoms with Crippen LogP contribution in [0.5, 0.6) is 0 Å². The maximum absolute atomic E-state index is 12.9. The first-order chi connectivity index (χ1) is 12.9. The number of aliphatic hydroxyl groups excluding tert-OH is 1. The van der Waals surface area contributed by atoms with Crippen molar-refractivity contribution in [3.63, 3.8) is 0 Å². The Morgan fingerprint density at radius 2 is 2.15 bits per heavy atom. The topological polar surface area (TPSA) is 125 Å². The van der Waals surface area contributed by atoms with Crippen molar-refractivity contribution < 1.29 is 13.5 Å². The van der Waals surface area contributed by atoms with Crippen LogP contribution >= 0.6 is 11.6 Å². The molecule has 2 aromatic heterocycles. The molecule has 10 heteroatoms. The van der Waals surface area contributed by atoms with Gasteiger partial charge in [-0.15, -0.1) is 0 Å². The minimum absolute atomic E-state index is 0.0977. The molecule has 1 saturated heterocycles. The number of aromatic amines is 1. The zero-order chi connectivity index (χ0) is 19.2.